The molecule has 70 heavy (non-hydrogen) atoms. The van der Waals surface area contributed by atoms with Gasteiger partial charge in [-0.15, -0.1) is 0 Å². The van der Waals surface area contributed by atoms with Crippen molar-refractivity contribution in [3.63, 3.8) is 0 Å². The lowest BCUT2D eigenvalue weighted by Gasteiger charge is -2.19. The smallest absolute Gasteiger partial charge is 0.0618 e. The van der Waals surface area contributed by atoms with E-state index in [-0.39, 0.29) is 10.8 Å². The Balaban J connectivity index is 1.09. The number of para-hydroxylation sites is 2. The van der Waals surface area contributed by atoms with Gasteiger partial charge in [0.2, 0.25) is 0 Å². The highest BCUT2D eigenvalue weighted by Gasteiger charge is 2.31. The van der Waals surface area contributed by atoms with Gasteiger partial charge in [0.05, 0.1) is 44.1 Å². The first-order valence-corrected chi connectivity index (χ1v) is 24.8. The van der Waals surface area contributed by atoms with Gasteiger partial charge in [-0.25, -0.2) is 0 Å². The number of benzene rings is 9. The maximum Gasteiger partial charge on any atom is 0.0618 e. The number of rotatable bonds is 4. The van der Waals surface area contributed by atoms with Gasteiger partial charge in [-0.05, 0) is 95.1 Å². The fourth-order valence-corrected chi connectivity index (χ4v) is 12.5. The van der Waals surface area contributed by atoms with Crippen LogP contribution in [0.2, 0.25) is 0 Å². The molecule has 0 aliphatic heterocycles. The second-order valence-electron chi connectivity index (χ2n) is 21.8. The standard InChI is InChI=1S/C66H50N4/c1-65(2,3)57-35-43-33-55-59(47-21-13-15-23-51(47)67(55)45-29-25-41(26-30-45)39-17-9-7-10-18-39)61-49-37-50-54(38-53(49)69(57)63(43)61)70-58(66(4,5)6)36-44-34-56-60(62(50)64(44)70)48-22-14-16-24-52(48)68(56)46-31-27-42(28-32-46)40-19-11-8-12-20-40/h7-38H,1-6H3. The topological polar surface area (TPSA) is 18.7 Å². The van der Waals surface area contributed by atoms with E-state index < -0.39 is 0 Å². The van der Waals surface area contributed by atoms with E-state index in [9.17, 15) is 0 Å². The summed E-state index contributed by atoms with van der Waals surface area (Å²) >= 11 is 0. The van der Waals surface area contributed by atoms with Crippen LogP contribution in [-0.2, 0) is 10.8 Å². The first kappa shape index (κ1) is 39.6. The van der Waals surface area contributed by atoms with E-state index in [1.54, 1.807) is 0 Å². The Morgan fingerprint density at radius 1 is 0.286 bits per heavy atom. The minimum atomic E-state index is -0.111. The molecular formula is C66H50N4. The van der Waals surface area contributed by atoms with Crippen LogP contribution < -0.4 is 0 Å². The first-order chi connectivity index (χ1) is 34.0. The molecule has 0 atom stereocenters. The van der Waals surface area contributed by atoms with Crippen molar-refractivity contribution >= 4 is 98.0 Å². The minimum Gasteiger partial charge on any atom is -0.312 e. The van der Waals surface area contributed by atoms with Gasteiger partial charge in [-0.3, -0.25) is 0 Å². The van der Waals surface area contributed by atoms with Crippen molar-refractivity contribution in [2.24, 2.45) is 0 Å². The summed E-state index contributed by atoms with van der Waals surface area (Å²) in [6, 6.07) is 72.8. The molecule has 0 spiro atoms. The van der Waals surface area contributed by atoms with Gasteiger partial charge in [-0.2, -0.15) is 0 Å². The monoisotopic (exact) mass is 898 g/mol. The van der Waals surface area contributed by atoms with E-state index in [0.717, 1.165) is 11.4 Å². The Morgan fingerprint density at radius 3 is 1.06 bits per heavy atom. The quantitative estimate of drug-likeness (QED) is 0.168. The van der Waals surface area contributed by atoms with Crippen molar-refractivity contribution in [1.82, 2.24) is 17.9 Å². The molecule has 6 aromatic heterocycles. The fraction of sp³-hybridized carbons (Fsp3) is 0.121. The summed E-state index contributed by atoms with van der Waals surface area (Å²) in [5, 5.41) is 13.0. The molecule has 0 bridgehead atoms. The molecule has 4 nitrogen and oxygen atoms in total. The highest BCUT2D eigenvalue weighted by atomic mass is 15.0. The maximum absolute atomic E-state index is 2.63. The Morgan fingerprint density at radius 2 is 0.657 bits per heavy atom. The summed E-state index contributed by atoms with van der Waals surface area (Å²) in [6.45, 7) is 14.2. The van der Waals surface area contributed by atoms with Gasteiger partial charge in [-0.1, -0.05) is 163 Å². The molecule has 15 rings (SSSR count). The fourth-order valence-electron chi connectivity index (χ4n) is 12.5. The molecule has 9 aromatic carbocycles. The molecule has 0 unspecified atom stereocenters. The van der Waals surface area contributed by atoms with Crippen LogP contribution in [0.5, 0.6) is 0 Å². The molecule has 0 aliphatic rings. The molecule has 0 amide bonds. The molecule has 4 heteroatoms. The molecule has 0 saturated heterocycles. The van der Waals surface area contributed by atoms with Gasteiger partial charge in [0, 0.05) is 87.5 Å². The normalized spacial score (nSPS) is 13.0. The highest BCUT2D eigenvalue weighted by Crippen LogP contribution is 2.51. The van der Waals surface area contributed by atoms with E-state index in [2.05, 4.69) is 254 Å². The van der Waals surface area contributed by atoms with Crippen LogP contribution in [-0.4, -0.2) is 17.9 Å². The van der Waals surface area contributed by atoms with Crippen molar-refractivity contribution in [3.8, 4) is 33.6 Å². The first-order valence-electron chi connectivity index (χ1n) is 24.8. The molecule has 0 N–H and O–H groups in total. The minimum absolute atomic E-state index is 0.111. The van der Waals surface area contributed by atoms with Crippen molar-refractivity contribution in [2.75, 3.05) is 0 Å². The van der Waals surface area contributed by atoms with Crippen LogP contribution in [0.3, 0.4) is 0 Å². The summed E-state index contributed by atoms with van der Waals surface area (Å²) in [5.74, 6) is 0. The van der Waals surface area contributed by atoms with E-state index in [1.165, 1.54) is 132 Å². The van der Waals surface area contributed by atoms with Gasteiger partial charge in [0.1, 0.15) is 0 Å². The van der Waals surface area contributed by atoms with Crippen LogP contribution in [0.25, 0.3) is 132 Å². The Kier molecular flexibility index (Phi) is 7.74. The summed E-state index contributed by atoms with van der Waals surface area (Å²) in [7, 11) is 0. The second-order valence-corrected chi connectivity index (χ2v) is 21.8. The zero-order valence-corrected chi connectivity index (χ0v) is 40.3. The summed E-state index contributed by atoms with van der Waals surface area (Å²) < 4.78 is 10.3. The average molecular weight is 899 g/mol. The Hall–Kier alpha value is -8.34. The molecule has 0 aliphatic carbocycles. The molecule has 6 heterocycles. The van der Waals surface area contributed by atoms with E-state index in [0.29, 0.717) is 0 Å². The van der Waals surface area contributed by atoms with Gasteiger partial charge < -0.3 is 17.9 Å². The Labute approximate surface area is 405 Å². The predicted molar refractivity (Wildman–Crippen MR) is 298 cm³/mol. The molecule has 15 aromatic rings. The molecule has 0 fully saturated rings. The van der Waals surface area contributed by atoms with Crippen LogP contribution in [0, 0.1) is 0 Å². The van der Waals surface area contributed by atoms with E-state index >= 15 is 0 Å². The van der Waals surface area contributed by atoms with Crippen molar-refractivity contribution in [2.45, 2.75) is 52.4 Å². The number of hydrogen-bond acceptors (Lipinski definition) is 0. The largest absolute Gasteiger partial charge is 0.312 e. The van der Waals surface area contributed by atoms with E-state index in [4.69, 9.17) is 0 Å². The number of hydrogen-bond donors (Lipinski definition) is 0. The van der Waals surface area contributed by atoms with Crippen LogP contribution in [0.15, 0.2) is 194 Å². The Bertz CT molecular complexity index is 4310. The third-order valence-corrected chi connectivity index (χ3v) is 15.6. The average Bonchev–Trinajstić information content (AvgIpc) is 4.22. The van der Waals surface area contributed by atoms with Gasteiger partial charge in [0.15, 0.2) is 0 Å². The van der Waals surface area contributed by atoms with Crippen molar-refractivity contribution in [3.05, 3.63) is 206 Å². The SMILES string of the molecule is CC(C)(C)c1cc2cc3c(c4ccccc4n3-c3ccc(-c4ccccc4)cc3)c3c4cc5c6c7c8ccccc8n(-c8ccc(-c9ccccc9)cc8)c7cc7cc(C(C)(C)C)n(c5cc4n1c23)c76. The zero-order chi connectivity index (χ0) is 46.9. The number of fused-ring (bicyclic) bond motifs is 14. The zero-order valence-electron chi connectivity index (χ0n) is 40.3. The summed E-state index contributed by atoms with van der Waals surface area (Å²) in [4.78, 5) is 0. The summed E-state index contributed by atoms with van der Waals surface area (Å²) in [6.07, 6.45) is 0. The van der Waals surface area contributed by atoms with Crippen LogP contribution >= 0.6 is 0 Å². The maximum atomic E-state index is 2.63. The van der Waals surface area contributed by atoms with Crippen molar-refractivity contribution in [1.29, 1.82) is 0 Å². The molecule has 0 radical (unpaired) electrons. The lowest BCUT2D eigenvalue weighted by Crippen LogP contribution is -2.14. The van der Waals surface area contributed by atoms with Crippen LogP contribution in [0.1, 0.15) is 52.9 Å². The third kappa shape index (κ3) is 5.25. The second kappa shape index (κ2) is 13.7. The summed E-state index contributed by atoms with van der Waals surface area (Å²) in [5.41, 5.74) is 19.7. The van der Waals surface area contributed by atoms with Crippen molar-refractivity contribution < 1.29 is 0 Å². The number of aromatic nitrogens is 4. The van der Waals surface area contributed by atoms with Gasteiger partial charge in [0.25, 0.3) is 0 Å². The van der Waals surface area contributed by atoms with Gasteiger partial charge >= 0.3 is 0 Å². The highest BCUT2D eigenvalue weighted by molar-refractivity contribution is 6.37. The predicted octanol–water partition coefficient (Wildman–Crippen LogP) is 17.8. The lowest BCUT2D eigenvalue weighted by atomic mass is 9.91. The third-order valence-electron chi connectivity index (χ3n) is 15.6. The molecule has 0 saturated carbocycles. The van der Waals surface area contributed by atoms with Crippen LogP contribution in [0.4, 0.5) is 0 Å². The molecular weight excluding hydrogens is 849 g/mol. The van der Waals surface area contributed by atoms with E-state index in [1.807, 2.05) is 0 Å². The number of nitrogens with zero attached hydrogens (tertiary/aromatic N) is 4. The lowest BCUT2D eigenvalue weighted by molar-refractivity contribution is 0.567. The molecule has 334 valence electrons.